The first-order valence-electron chi connectivity index (χ1n) is 12.3. The summed E-state index contributed by atoms with van der Waals surface area (Å²) in [6, 6.07) is 16.5. The van der Waals surface area contributed by atoms with Crippen molar-refractivity contribution in [3.63, 3.8) is 0 Å². The number of halogens is 1. The van der Waals surface area contributed by atoms with Gasteiger partial charge in [0.2, 0.25) is 5.91 Å². The van der Waals surface area contributed by atoms with E-state index in [1.54, 1.807) is 24.3 Å². The number of nitrogens with zero attached hydrogens (tertiary/aromatic N) is 2. The summed E-state index contributed by atoms with van der Waals surface area (Å²) in [6.07, 6.45) is 2.88. The lowest BCUT2D eigenvalue weighted by atomic mass is 10.0. The van der Waals surface area contributed by atoms with Gasteiger partial charge in [0.15, 0.2) is 0 Å². The number of nitroso groups, excluding NO2 is 1. The number of thiophene rings is 1. The molecule has 0 saturated heterocycles. The Kier molecular flexibility index (Phi) is 9.65. The number of fused-ring (bicyclic) bond motifs is 1. The molecule has 0 saturated carbocycles. The molecule has 194 valence electrons. The summed E-state index contributed by atoms with van der Waals surface area (Å²) in [5.41, 5.74) is 3.69. The molecule has 0 radical (unpaired) electrons. The van der Waals surface area contributed by atoms with Gasteiger partial charge in [0.05, 0.1) is 0 Å². The van der Waals surface area contributed by atoms with Crippen LogP contribution in [0.5, 0.6) is 0 Å². The Hall–Kier alpha value is -3.27. The number of rotatable bonds is 11. The highest BCUT2D eigenvalue weighted by atomic mass is 35.5. The maximum atomic E-state index is 12.6. The lowest BCUT2D eigenvalue weighted by Gasteiger charge is -2.27. The third-order valence-corrected chi connectivity index (χ3v) is 7.68. The van der Waals surface area contributed by atoms with Gasteiger partial charge in [0.1, 0.15) is 11.5 Å². The van der Waals surface area contributed by atoms with E-state index < -0.39 is 0 Å². The van der Waals surface area contributed by atoms with Crippen LogP contribution in [0.3, 0.4) is 0 Å². The lowest BCUT2D eigenvalue weighted by molar-refractivity contribution is -0.121. The summed E-state index contributed by atoms with van der Waals surface area (Å²) in [7, 11) is 0. The molecule has 37 heavy (non-hydrogen) atoms. The summed E-state index contributed by atoms with van der Waals surface area (Å²) in [5, 5.41) is 13.0. The molecule has 0 atom stereocenters. The predicted molar refractivity (Wildman–Crippen MR) is 149 cm³/mol. The Morgan fingerprint density at radius 3 is 2.59 bits per heavy atom. The van der Waals surface area contributed by atoms with Gasteiger partial charge in [-0.2, -0.15) is 4.91 Å². The summed E-state index contributed by atoms with van der Waals surface area (Å²) < 4.78 is 0. The maximum absolute atomic E-state index is 12.6. The molecular formula is C27H30ClN5O3S. The molecule has 0 bridgehead atoms. The van der Waals surface area contributed by atoms with E-state index in [4.69, 9.17) is 11.6 Å². The highest BCUT2D eigenvalue weighted by Crippen LogP contribution is 2.37. The minimum absolute atomic E-state index is 0.0252. The molecule has 1 aromatic heterocycles. The first-order chi connectivity index (χ1) is 18.0. The highest BCUT2D eigenvalue weighted by molar-refractivity contribution is 7.16. The summed E-state index contributed by atoms with van der Waals surface area (Å²) >= 11 is 7.39. The van der Waals surface area contributed by atoms with Gasteiger partial charge < -0.3 is 10.6 Å². The second-order valence-corrected chi connectivity index (χ2v) is 10.4. The fourth-order valence-electron chi connectivity index (χ4n) is 4.37. The Labute approximate surface area is 225 Å². The fourth-order valence-corrected chi connectivity index (χ4v) is 5.79. The van der Waals surface area contributed by atoms with Crippen molar-refractivity contribution in [1.82, 2.24) is 10.2 Å². The minimum atomic E-state index is -0.382. The van der Waals surface area contributed by atoms with E-state index in [0.29, 0.717) is 28.7 Å². The summed E-state index contributed by atoms with van der Waals surface area (Å²) in [4.78, 5) is 39.3. The van der Waals surface area contributed by atoms with Crippen LogP contribution in [-0.2, 0) is 30.7 Å². The highest BCUT2D eigenvalue weighted by Gasteiger charge is 2.25. The van der Waals surface area contributed by atoms with Gasteiger partial charge in [-0.05, 0) is 54.7 Å². The van der Waals surface area contributed by atoms with Crippen LogP contribution in [-0.4, -0.2) is 36.5 Å². The number of hydrogen-bond donors (Lipinski definition) is 3. The molecule has 2 aromatic carbocycles. The quantitative estimate of drug-likeness (QED) is 0.211. The molecule has 0 fully saturated rings. The topological polar surface area (TPSA) is 103 Å². The van der Waals surface area contributed by atoms with Crippen LogP contribution in [0, 0.1) is 4.91 Å². The van der Waals surface area contributed by atoms with Crippen LogP contribution >= 0.6 is 22.9 Å². The first-order valence-corrected chi connectivity index (χ1v) is 13.5. The Morgan fingerprint density at radius 2 is 1.84 bits per heavy atom. The molecule has 2 heterocycles. The Bertz CT molecular complexity index is 1220. The number of amides is 3. The lowest BCUT2D eigenvalue weighted by Crippen LogP contribution is -2.33. The number of nitrogens with one attached hydrogen (secondary N) is 3. The zero-order chi connectivity index (χ0) is 26.0. The molecule has 8 nitrogen and oxygen atoms in total. The van der Waals surface area contributed by atoms with Gasteiger partial charge in [-0.3, -0.25) is 15.0 Å². The van der Waals surface area contributed by atoms with Crippen LogP contribution in [0.15, 0.2) is 59.8 Å². The average Bonchev–Trinajstić information content (AvgIpc) is 3.23. The molecule has 3 aromatic rings. The van der Waals surface area contributed by atoms with Crippen LogP contribution in [0.2, 0.25) is 5.02 Å². The Morgan fingerprint density at radius 1 is 1.05 bits per heavy atom. The van der Waals surface area contributed by atoms with Crippen molar-refractivity contribution >= 4 is 45.6 Å². The molecule has 3 N–H and O–H groups in total. The predicted octanol–water partition coefficient (Wildman–Crippen LogP) is 5.81. The van der Waals surface area contributed by atoms with Crippen molar-refractivity contribution < 1.29 is 9.59 Å². The van der Waals surface area contributed by atoms with E-state index in [1.807, 2.05) is 30.3 Å². The van der Waals surface area contributed by atoms with Gasteiger partial charge >= 0.3 is 6.03 Å². The summed E-state index contributed by atoms with van der Waals surface area (Å²) in [6.45, 7) is 3.12. The van der Waals surface area contributed by atoms with E-state index in [0.717, 1.165) is 60.5 Å². The molecule has 4 rings (SSSR count). The number of anilines is 2. The number of hydrogen-bond acceptors (Lipinski definition) is 6. The van der Waals surface area contributed by atoms with Crippen molar-refractivity contribution in [2.75, 3.05) is 30.3 Å². The van der Waals surface area contributed by atoms with E-state index in [-0.39, 0.29) is 18.5 Å². The van der Waals surface area contributed by atoms with Crippen LogP contribution in [0.1, 0.15) is 34.4 Å². The van der Waals surface area contributed by atoms with Crippen molar-refractivity contribution in [3.8, 4) is 0 Å². The molecule has 1 aliphatic heterocycles. The number of benzene rings is 2. The van der Waals surface area contributed by atoms with E-state index in [2.05, 4.69) is 26.0 Å². The van der Waals surface area contributed by atoms with Gasteiger partial charge in [0, 0.05) is 53.8 Å². The van der Waals surface area contributed by atoms with Gasteiger partial charge in [-0.25, -0.2) is 4.79 Å². The molecule has 0 spiro atoms. The summed E-state index contributed by atoms with van der Waals surface area (Å²) in [5.74, 6) is 0.0710. The van der Waals surface area contributed by atoms with Crippen molar-refractivity contribution in [2.45, 2.75) is 38.8 Å². The maximum Gasteiger partial charge on any atom is 0.324 e. The number of carbonyl (C=O) groups excluding carboxylic acids is 2. The Balaban J connectivity index is 1.25. The first kappa shape index (κ1) is 26.8. The molecular weight excluding hydrogens is 510 g/mol. The molecule has 10 heteroatoms. The molecule has 1 aliphatic rings. The van der Waals surface area contributed by atoms with Gasteiger partial charge in [-0.15, -0.1) is 11.3 Å². The number of urea groups is 1. The largest absolute Gasteiger partial charge is 0.356 e. The second kappa shape index (κ2) is 13.3. The number of aryl methyl sites for hydroxylation is 1. The van der Waals surface area contributed by atoms with Crippen LogP contribution in [0.4, 0.5) is 15.5 Å². The van der Waals surface area contributed by atoms with Crippen LogP contribution in [0.25, 0.3) is 0 Å². The fraction of sp³-hybridized carbons (Fsp3) is 0.333. The van der Waals surface area contributed by atoms with E-state index in [9.17, 15) is 14.5 Å². The third-order valence-electron chi connectivity index (χ3n) is 6.25. The normalized spacial score (nSPS) is 13.0. The SMILES string of the molecule is O=NCc1c(NC(=O)Nc2ccc(Cl)cc2)sc2c1CCN(CCCNC(=O)CCc1ccccc1)C2. The average molecular weight is 540 g/mol. The zero-order valence-corrected chi connectivity index (χ0v) is 22.0. The van der Waals surface area contributed by atoms with Gasteiger partial charge in [-0.1, -0.05) is 47.1 Å². The minimum Gasteiger partial charge on any atom is -0.356 e. The standard InChI is InChI=1S/C27H30ClN5O3S/c28-20-8-10-21(11-9-20)31-27(35)32-26-23(17-30-36)22-13-16-33(18-24(22)37-26)15-4-14-29-25(34)12-7-19-5-2-1-3-6-19/h1-3,5-6,8-11H,4,7,12-18H2,(H,29,34)(H2,31,32,35). The van der Waals surface area contributed by atoms with Crippen LogP contribution < -0.4 is 16.0 Å². The third kappa shape index (κ3) is 7.85. The smallest absolute Gasteiger partial charge is 0.324 e. The van der Waals surface area contributed by atoms with Crippen molar-refractivity contribution in [1.29, 1.82) is 0 Å². The van der Waals surface area contributed by atoms with Gasteiger partial charge in [0.25, 0.3) is 0 Å². The monoisotopic (exact) mass is 539 g/mol. The molecule has 0 unspecified atom stereocenters. The molecule has 0 aliphatic carbocycles. The van der Waals surface area contributed by atoms with E-state index in [1.165, 1.54) is 11.3 Å². The second-order valence-electron chi connectivity index (χ2n) is 8.90. The van der Waals surface area contributed by atoms with Crippen molar-refractivity contribution in [3.05, 3.63) is 86.1 Å². The van der Waals surface area contributed by atoms with Crippen molar-refractivity contribution in [2.24, 2.45) is 5.18 Å². The molecule has 3 amide bonds. The zero-order valence-electron chi connectivity index (χ0n) is 20.5. The number of carbonyl (C=O) groups is 2. The van der Waals surface area contributed by atoms with E-state index >= 15 is 0 Å².